The van der Waals surface area contributed by atoms with Crippen molar-refractivity contribution in [2.45, 2.75) is 6.42 Å². The molecule has 0 saturated heterocycles. The van der Waals surface area contributed by atoms with E-state index in [0.717, 1.165) is 13.0 Å². The average molecular weight is 145 g/mol. The van der Waals surface area contributed by atoms with Crippen molar-refractivity contribution >= 4 is 0 Å². The summed E-state index contributed by atoms with van der Waals surface area (Å²) in [4.78, 5) is 2.26. The van der Waals surface area contributed by atoms with Crippen molar-refractivity contribution in [2.75, 3.05) is 6.54 Å². The van der Waals surface area contributed by atoms with Gasteiger partial charge >= 0.3 is 0 Å². The van der Waals surface area contributed by atoms with E-state index in [-0.39, 0.29) is 0 Å². The quantitative estimate of drug-likeness (QED) is 0.505. The summed E-state index contributed by atoms with van der Waals surface area (Å²) in [5, 5.41) is 0. The lowest BCUT2D eigenvalue weighted by molar-refractivity contribution is 0.502. The van der Waals surface area contributed by atoms with Gasteiger partial charge in [-0.3, -0.25) is 0 Å². The maximum atomic E-state index is 2.26. The second-order valence-electron chi connectivity index (χ2n) is 2.71. The highest BCUT2D eigenvalue weighted by atomic mass is 15.1. The number of fused-ring (bicyclic) bond motifs is 1. The van der Waals surface area contributed by atoms with Gasteiger partial charge in [-0.1, -0.05) is 24.3 Å². The fourth-order valence-electron chi connectivity index (χ4n) is 1.33. The minimum atomic E-state index is 1.02. The highest BCUT2D eigenvalue weighted by Crippen LogP contribution is 2.16. The summed E-state index contributed by atoms with van der Waals surface area (Å²) in [5.74, 6) is 0. The summed E-state index contributed by atoms with van der Waals surface area (Å²) in [7, 11) is 0. The van der Waals surface area contributed by atoms with E-state index < -0.39 is 0 Å². The maximum absolute atomic E-state index is 2.26. The van der Waals surface area contributed by atoms with Crippen LogP contribution >= 0.6 is 0 Å². The fraction of sp³-hybridized carbons (Fsp3) is 0.200. The van der Waals surface area contributed by atoms with E-state index in [1.54, 1.807) is 0 Å². The third kappa shape index (κ3) is 1.27. The van der Waals surface area contributed by atoms with Crippen LogP contribution < -0.4 is 0 Å². The van der Waals surface area contributed by atoms with Crippen LogP contribution in [0.1, 0.15) is 6.42 Å². The molecule has 0 radical (unpaired) electrons. The van der Waals surface area contributed by atoms with Gasteiger partial charge in [-0.05, 0) is 12.2 Å². The summed E-state index contributed by atoms with van der Waals surface area (Å²) >= 11 is 0. The number of nitrogens with zero attached hydrogens (tertiary/aromatic N) is 1. The molecule has 0 aromatic carbocycles. The first-order valence-corrected chi connectivity index (χ1v) is 3.92. The summed E-state index contributed by atoms with van der Waals surface area (Å²) < 4.78 is 0. The predicted molar refractivity (Wildman–Crippen MR) is 46.8 cm³/mol. The minimum Gasteiger partial charge on any atom is -0.347 e. The molecular formula is C10H11N. The molecule has 2 aliphatic heterocycles. The summed E-state index contributed by atoms with van der Waals surface area (Å²) in [5.41, 5.74) is 1.39. The van der Waals surface area contributed by atoms with Crippen molar-refractivity contribution < 1.29 is 0 Å². The van der Waals surface area contributed by atoms with Crippen LogP contribution in [0.5, 0.6) is 0 Å². The van der Waals surface area contributed by atoms with E-state index in [1.807, 2.05) is 0 Å². The van der Waals surface area contributed by atoms with Gasteiger partial charge in [-0.25, -0.2) is 0 Å². The molecule has 0 unspecified atom stereocenters. The van der Waals surface area contributed by atoms with Gasteiger partial charge < -0.3 is 4.90 Å². The van der Waals surface area contributed by atoms with Crippen LogP contribution in [-0.4, -0.2) is 11.4 Å². The van der Waals surface area contributed by atoms with Gasteiger partial charge in [0.05, 0.1) is 0 Å². The van der Waals surface area contributed by atoms with Crippen molar-refractivity contribution in [3.63, 3.8) is 0 Å². The van der Waals surface area contributed by atoms with Crippen LogP contribution in [-0.2, 0) is 0 Å². The Hall–Kier alpha value is -1.24. The van der Waals surface area contributed by atoms with Gasteiger partial charge in [0.2, 0.25) is 0 Å². The first kappa shape index (κ1) is 6.47. The molecule has 0 aromatic heterocycles. The Balaban J connectivity index is 2.27. The van der Waals surface area contributed by atoms with Crippen LogP contribution in [0.2, 0.25) is 0 Å². The normalized spacial score (nSPS) is 21.1. The van der Waals surface area contributed by atoms with E-state index in [1.165, 1.54) is 5.70 Å². The second-order valence-corrected chi connectivity index (χ2v) is 2.71. The summed E-state index contributed by atoms with van der Waals surface area (Å²) in [6.07, 6.45) is 16.0. The Bertz CT molecular complexity index is 256. The second kappa shape index (κ2) is 2.79. The lowest BCUT2D eigenvalue weighted by Crippen LogP contribution is -2.17. The average Bonchev–Trinajstić information content (AvgIpc) is 2.28. The van der Waals surface area contributed by atoms with Gasteiger partial charge in [0, 0.05) is 24.9 Å². The van der Waals surface area contributed by atoms with E-state index in [9.17, 15) is 0 Å². The highest BCUT2D eigenvalue weighted by molar-refractivity contribution is 5.25. The highest BCUT2D eigenvalue weighted by Gasteiger charge is 2.06. The summed E-state index contributed by atoms with van der Waals surface area (Å²) in [6, 6.07) is 0. The Kier molecular flexibility index (Phi) is 1.64. The molecule has 11 heavy (non-hydrogen) atoms. The fourth-order valence-corrected chi connectivity index (χ4v) is 1.33. The van der Waals surface area contributed by atoms with Gasteiger partial charge in [-0.15, -0.1) is 0 Å². The Morgan fingerprint density at radius 1 is 1.09 bits per heavy atom. The maximum Gasteiger partial charge on any atom is 0.0406 e. The number of rotatable bonds is 0. The zero-order valence-corrected chi connectivity index (χ0v) is 6.40. The molecule has 0 amide bonds. The molecule has 2 rings (SSSR count). The van der Waals surface area contributed by atoms with Crippen molar-refractivity contribution in [3.8, 4) is 0 Å². The first-order valence-electron chi connectivity index (χ1n) is 3.92. The predicted octanol–water partition coefficient (Wildman–Crippen LogP) is 2.22. The monoisotopic (exact) mass is 145 g/mol. The molecule has 0 bridgehead atoms. The molecule has 0 saturated carbocycles. The van der Waals surface area contributed by atoms with Crippen LogP contribution in [0.15, 0.2) is 48.4 Å². The SMILES string of the molecule is C1=CCC2=CC=CCN2C=C1. The number of hydrogen-bond donors (Lipinski definition) is 0. The molecule has 0 spiro atoms. The van der Waals surface area contributed by atoms with Crippen molar-refractivity contribution in [3.05, 3.63) is 48.4 Å². The third-order valence-electron chi connectivity index (χ3n) is 1.94. The van der Waals surface area contributed by atoms with Crippen LogP contribution in [0.25, 0.3) is 0 Å². The summed E-state index contributed by atoms with van der Waals surface area (Å²) in [6.45, 7) is 1.02. The van der Waals surface area contributed by atoms with Gasteiger partial charge in [0.25, 0.3) is 0 Å². The smallest absolute Gasteiger partial charge is 0.0406 e. The topological polar surface area (TPSA) is 3.24 Å². The Morgan fingerprint density at radius 2 is 2.09 bits per heavy atom. The van der Waals surface area contributed by atoms with Crippen LogP contribution in [0.4, 0.5) is 0 Å². The largest absolute Gasteiger partial charge is 0.347 e. The molecule has 1 heteroatoms. The van der Waals surface area contributed by atoms with E-state index in [0.29, 0.717) is 0 Å². The van der Waals surface area contributed by atoms with E-state index in [2.05, 4.69) is 47.6 Å². The first-order chi connectivity index (χ1) is 5.47. The van der Waals surface area contributed by atoms with Crippen molar-refractivity contribution in [2.24, 2.45) is 0 Å². The van der Waals surface area contributed by atoms with Crippen molar-refractivity contribution in [1.82, 2.24) is 4.90 Å². The third-order valence-corrected chi connectivity index (χ3v) is 1.94. The zero-order chi connectivity index (χ0) is 7.52. The van der Waals surface area contributed by atoms with Gasteiger partial charge in [-0.2, -0.15) is 0 Å². The van der Waals surface area contributed by atoms with Crippen molar-refractivity contribution in [1.29, 1.82) is 0 Å². The molecule has 0 atom stereocenters. The van der Waals surface area contributed by atoms with Crippen LogP contribution in [0, 0.1) is 0 Å². The molecule has 56 valence electrons. The molecule has 0 fully saturated rings. The Morgan fingerprint density at radius 3 is 3.09 bits per heavy atom. The Labute approximate surface area is 67.0 Å². The minimum absolute atomic E-state index is 1.02. The number of allylic oxidation sites excluding steroid dienone is 5. The zero-order valence-electron chi connectivity index (χ0n) is 6.40. The lowest BCUT2D eigenvalue weighted by atomic mass is 10.2. The molecule has 0 aliphatic carbocycles. The molecule has 0 N–H and O–H groups in total. The number of hydrogen-bond acceptors (Lipinski definition) is 1. The molecule has 1 nitrogen and oxygen atoms in total. The van der Waals surface area contributed by atoms with Crippen LogP contribution in [0.3, 0.4) is 0 Å². The van der Waals surface area contributed by atoms with E-state index >= 15 is 0 Å². The molecular weight excluding hydrogens is 134 g/mol. The van der Waals surface area contributed by atoms with Gasteiger partial charge in [0.15, 0.2) is 0 Å². The molecule has 0 aromatic rings. The van der Waals surface area contributed by atoms with E-state index in [4.69, 9.17) is 0 Å². The van der Waals surface area contributed by atoms with Gasteiger partial charge in [0.1, 0.15) is 0 Å². The molecule has 2 heterocycles. The molecule has 2 aliphatic rings. The lowest BCUT2D eigenvalue weighted by Gasteiger charge is -2.22. The standard InChI is InChI=1S/C10H11N/c1-2-6-10-7-3-5-9-11(10)8-4-1/h1-5,7-8H,6,9H2.